The molecule has 6 nitrogen and oxygen atoms in total. The number of halogens is 4. The van der Waals surface area contributed by atoms with Crippen LogP contribution in [0.5, 0.6) is 11.5 Å². The van der Waals surface area contributed by atoms with Gasteiger partial charge in [0.15, 0.2) is 0 Å². The third kappa shape index (κ3) is 5.92. The van der Waals surface area contributed by atoms with Gasteiger partial charge in [-0.3, -0.25) is 10.1 Å². The molecule has 0 radical (unpaired) electrons. The summed E-state index contributed by atoms with van der Waals surface area (Å²) >= 11 is 5.91. The summed E-state index contributed by atoms with van der Waals surface area (Å²) in [6, 6.07) is 7.64. The van der Waals surface area contributed by atoms with E-state index in [1.54, 1.807) is 13.8 Å². The van der Waals surface area contributed by atoms with Crippen LogP contribution in [0.15, 0.2) is 36.4 Å². The Morgan fingerprint density at radius 2 is 1.67 bits per heavy atom. The molecular formula is C17H16ClF3N2O4. The van der Waals surface area contributed by atoms with Crippen LogP contribution in [-0.4, -0.2) is 24.4 Å². The fourth-order valence-electron chi connectivity index (χ4n) is 2.29. The average molecular weight is 405 g/mol. The van der Waals surface area contributed by atoms with Crippen LogP contribution >= 0.6 is 11.6 Å². The number of non-ortho nitro benzene ring substituents is 1. The van der Waals surface area contributed by atoms with Gasteiger partial charge in [0.05, 0.1) is 11.0 Å². The minimum atomic E-state index is -4.87. The van der Waals surface area contributed by atoms with Crippen LogP contribution in [0, 0.1) is 10.1 Å². The quantitative estimate of drug-likeness (QED) is 0.456. The Balaban J connectivity index is 2.49. The molecule has 0 fully saturated rings. The minimum absolute atomic E-state index is 0.118. The van der Waals surface area contributed by atoms with Gasteiger partial charge >= 0.3 is 6.36 Å². The minimum Gasteiger partial charge on any atom is -0.491 e. The number of nitro groups is 1. The van der Waals surface area contributed by atoms with Crippen molar-refractivity contribution in [2.75, 3.05) is 11.9 Å². The molecule has 0 amide bonds. The number of alkyl halides is 3. The Hall–Kier alpha value is -2.68. The molecule has 146 valence electrons. The highest BCUT2D eigenvalue weighted by atomic mass is 35.5. The van der Waals surface area contributed by atoms with Crippen molar-refractivity contribution in [3.05, 3.63) is 51.5 Å². The largest absolute Gasteiger partial charge is 0.573 e. The fraction of sp³-hybridized carbons (Fsp3) is 0.294. The second kappa shape index (κ2) is 7.91. The first-order chi connectivity index (χ1) is 12.4. The van der Waals surface area contributed by atoms with E-state index in [1.165, 1.54) is 36.2 Å². The van der Waals surface area contributed by atoms with E-state index in [1.807, 2.05) is 0 Å². The molecule has 0 aliphatic heterocycles. The molecule has 2 aromatic rings. The summed E-state index contributed by atoms with van der Waals surface area (Å²) in [6.45, 7) is 3.45. The van der Waals surface area contributed by atoms with Gasteiger partial charge in [-0.15, -0.1) is 13.2 Å². The molecule has 0 aliphatic carbocycles. The molecule has 0 spiro atoms. The van der Waals surface area contributed by atoms with Gasteiger partial charge in [-0.25, -0.2) is 0 Å². The van der Waals surface area contributed by atoms with Crippen molar-refractivity contribution in [3.8, 4) is 11.5 Å². The summed E-state index contributed by atoms with van der Waals surface area (Å²) in [7, 11) is 1.53. The molecule has 27 heavy (non-hydrogen) atoms. The Bertz CT molecular complexity index is 843. The summed E-state index contributed by atoms with van der Waals surface area (Å²) < 4.78 is 47.3. The molecule has 0 unspecified atom stereocenters. The summed E-state index contributed by atoms with van der Waals surface area (Å²) in [5.41, 5.74) is 0.337. The van der Waals surface area contributed by atoms with E-state index in [9.17, 15) is 23.3 Å². The van der Waals surface area contributed by atoms with Crippen LogP contribution in [0.2, 0.25) is 5.02 Å². The Morgan fingerprint density at radius 1 is 1.07 bits per heavy atom. The second-order valence-corrected chi connectivity index (χ2v) is 6.30. The van der Waals surface area contributed by atoms with Crippen molar-refractivity contribution >= 4 is 28.7 Å². The molecule has 0 saturated heterocycles. The van der Waals surface area contributed by atoms with Crippen molar-refractivity contribution < 1.29 is 27.6 Å². The molecule has 10 heteroatoms. The lowest BCUT2D eigenvalue weighted by atomic mass is 10.2. The SMILES string of the molecule is CC(C)Oc1cc(OC(F)(F)F)cc(N(C)c2cc(Cl)cc([N+](=O)[O-])c2)c1. The molecule has 0 bridgehead atoms. The van der Waals surface area contributed by atoms with Gasteiger partial charge in [-0.05, 0) is 19.9 Å². The maximum Gasteiger partial charge on any atom is 0.573 e. The number of nitro benzene ring substituents is 1. The Labute approximate surface area is 158 Å². The smallest absolute Gasteiger partial charge is 0.491 e. The summed E-state index contributed by atoms with van der Waals surface area (Å²) in [5.74, 6) is -0.316. The highest BCUT2D eigenvalue weighted by Gasteiger charge is 2.31. The molecule has 0 aliphatic rings. The molecule has 0 atom stereocenters. The highest BCUT2D eigenvalue weighted by Crippen LogP contribution is 2.36. The second-order valence-electron chi connectivity index (χ2n) is 5.86. The van der Waals surface area contributed by atoms with Gasteiger partial charge < -0.3 is 14.4 Å². The number of hydrogen-bond donors (Lipinski definition) is 0. The number of anilines is 2. The van der Waals surface area contributed by atoms with Crippen molar-refractivity contribution in [1.29, 1.82) is 0 Å². The van der Waals surface area contributed by atoms with E-state index in [0.29, 0.717) is 5.69 Å². The van der Waals surface area contributed by atoms with Gasteiger partial charge in [0, 0.05) is 53.8 Å². The number of rotatable bonds is 6. The van der Waals surface area contributed by atoms with E-state index in [4.69, 9.17) is 16.3 Å². The van der Waals surface area contributed by atoms with Gasteiger partial charge in [0.1, 0.15) is 11.5 Å². The first-order valence-electron chi connectivity index (χ1n) is 7.71. The van der Waals surface area contributed by atoms with E-state index < -0.39 is 17.0 Å². The van der Waals surface area contributed by atoms with E-state index in [-0.39, 0.29) is 28.3 Å². The zero-order valence-corrected chi connectivity index (χ0v) is 15.3. The summed E-state index contributed by atoms with van der Waals surface area (Å²) in [6.07, 6.45) is -5.15. The molecule has 2 rings (SSSR count). The van der Waals surface area contributed by atoms with Gasteiger partial charge in [-0.2, -0.15) is 0 Å². The number of benzene rings is 2. The lowest BCUT2D eigenvalue weighted by molar-refractivity contribution is -0.384. The number of nitrogens with zero attached hydrogens (tertiary/aromatic N) is 2. The summed E-state index contributed by atoms with van der Waals surface area (Å²) in [5, 5.41) is 11.1. The predicted molar refractivity (Wildman–Crippen MR) is 95.1 cm³/mol. The standard InChI is InChI=1S/C17H16ClF3N2O4/c1-10(2)26-15-7-13(8-16(9-15)27-17(19,20)21)22(3)12-4-11(18)5-14(6-12)23(24)25/h4-10H,1-3H3. The maximum atomic E-state index is 12.6. The average Bonchev–Trinajstić information content (AvgIpc) is 2.50. The van der Waals surface area contributed by atoms with Crippen LogP contribution in [0.25, 0.3) is 0 Å². The van der Waals surface area contributed by atoms with E-state index in [0.717, 1.165) is 12.1 Å². The van der Waals surface area contributed by atoms with E-state index >= 15 is 0 Å². The predicted octanol–water partition coefficient (Wildman–Crippen LogP) is 5.70. The summed E-state index contributed by atoms with van der Waals surface area (Å²) in [4.78, 5) is 11.8. The normalized spacial score (nSPS) is 11.4. The van der Waals surface area contributed by atoms with Gasteiger partial charge in [-0.1, -0.05) is 11.6 Å². The number of hydrogen-bond acceptors (Lipinski definition) is 5. The van der Waals surface area contributed by atoms with Crippen molar-refractivity contribution in [2.45, 2.75) is 26.3 Å². The molecule has 0 aromatic heterocycles. The molecule has 0 heterocycles. The first-order valence-corrected chi connectivity index (χ1v) is 8.08. The van der Waals surface area contributed by atoms with Crippen LogP contribution in [0.4, 0.5) is 30.2 Å². The number of ether oxygens (including phenoxy) is 2. The van der Waals surface area contributed by atoms with Crippen LogP contribution < -0.4 is 14.4 Å². The Morgan fingerprint density at radius 3 is 2.22 bits per heavy atom. The zero-order valence-electron chi connectivity index (χ0n) is 14.6. The van der Waals surface area contributed by atoms with Crippen molar-refractivity contribution in [3.63, 3.8) is 0 Å². The first kappa shape index (κ1) is 20.6. The van der Waals surface area contributed by atoms with Crippen molar-refractivity contribution in [2.24, 2.45) is 0 Å². The lowest BCUT2D eigenvalue weighted by Gasteiger charge is -2.22. The third-order valence-electron chi connectivity index (χ3n) is 3.32. The maximum absolute atomic E-state index is 12.6. The molecule has 2 aromatic carbocycles. The van der Waals surface area contributed by atoms with Gasteiger partial charge in [0.2, 0.25) is 0 Å². The topological polar surface area (TPSA) is 64.8 Å². The molecule has 0 saturated carbocycles. The lowest BCUT2D eigenvalue weighted by Crippen LogP contribution is -2.18. The van der Waals surface area contributed by atoms with E-state index in [2.05, 4.69) is 4.74 Å². The third-order valence-corrected chi connectivity index (χ3v) is 3.54. The highest BCUT2D eigenvalue weighted by molar-refractivity contribution is 6.31. The van der Waals surface area contributed by atoms with Gasteiger partial charge in [0.25, 0.3) is 5.69 Å². The monoisotopic (exact) mass is 404 g/mol. The fourth-order valence-corrected chi connectivity index (χ4v) is 2.51. The Kier molecular flexibility index (Phi) is 6.04. The molecule has 0 N–H and O–H groups in total. The van der Waals surface area contributed by atoms with Crippen LogP contribution in [0.3, 0.4) is 0 Å². The molecular weight excluding hydrogens is 389 g/mol. The van der Waals surface area contributed by atoms with Crippen LogP contribution in [-0.2, 0) is 0 Å². The zero-order chi connectivity index (χ0) is 20.4. The van der Waals surface area contributed by atoms with Crippen LogP contribution in [0.1, 0.15) is 13.8 Å². The van der Waals surface area contributed by atoms with Crippen molar-refractivity contribution in [1.82, 2.24) is 0 Å².